The molecule has 2 aromatic rings. The summed E-state index contributed by atoms with van der Waals surface area (Å²) in [5, 5.41) is 8.13. The van der Waals surface area contributed by atoms with Crippen LogP contribution in [0, 0.1) is 11.8 Å². The second-order valence-corrected chi connectivity index (χ2v) is 6.01. The van der Waals surface area contributed by atoms with Gasteiger partial charge in [0.05, 0.1) is 6.20 Å². The summed E-state index contributed by atoms with van der Waals surface area (Å²) in [6, 6.07) is 4.77. The van der Waals surface area contributed by atoms with Crippen LogP contribution >= 0.6 is 0 Å². The van der Waals surface area contributed by atoms with E-state index in [0.717, 1.165) is 35.4 Å². The first-order valence-electron chi connectivity index (χ1n) is 7.43. The third-order valence-corrected chi connectivity index (χ3v) is 4.85. The highest BCUT2D eigenvalue weighted by Gasteiger charge is 2.39. The van der Waals surface area contributed by atoms with Gasteiger partial charge in [-0.1, -0.05) is 13.3 Å². The molecule has 2 aliphatic rings. The molecule has 2 fully saturated rings. The van der Waals surface area contributed by atoms with Crippen LogP contribution in [0.15, 0.2) is 18.3 Å². The van der Waals surface area contributed by atoms with Crippen LogP contribution in [-0.2, 0) is 6.42 Å². The monoisotopic (exact) mass is 256 g/mol. The van der Waals surface area contributed by atoms with E-state index in [0.29, 0.717) is 6.04 Å². The van der Waals surface area contributed by atoms with Gasteiger partial charge in [0.15, 0.2) is 5.65 Å². The number of fused-ring (bicyclic) bond motifs is 3. The third kappa shape index (κ3) is 1.81. The topological polar surface area (TPSA) is 42.2 Å². The largest absolute Gasteiger partial charge is 0.367 e. The third-order valence-electron chi connectivity index (χ3n) is 4.85. The Morgan fingerprint density at radius 1 is 1.37 bits per heavy atom. The SMILES string of the molecule is CCc1cc(N[C@@H]2C[C@@H]3CC[C@H]2C3)n2nccc2n1. The summed E-state index contributed by atoms with van der Waals surface area (Å²) in [6.07, 6.45) is 8.39. The van der Waals surface area contributed by atoms with Crippen molar-refractivity contribution in [2.24, 2.45) is 11.8 Å². The molecule has 0 aromatic carbocycles. The lowest BCUT2D eigenvalue weighted by Gasteiger charge is -2.24. The Bertz CT molecular complexity index is 603. The van der Waals surface area contributed by atoms with Crippen LogP contribution in [0.1, 0.15) is 38.3 Å². The van der Waals surface area contributed by atoms with Crippen LogP contribution < -0.4 is 5.32 Å². The van der Waals surface area contributed by atoms with Gasteiger partial charge in [0.2, 0.25) is 0 Å². The van der Waals surface area contributed by atoms with Gasteiger partial charge in [-0.2, -0.15) is 9.61 Å². The number of hydrogen-bond donors (Lipinski definition) is 1. The molecule has 0 unspecified atom stereocenters. The van der Waals surface area contributed by atoms with Gasteiger partial charge < -0.3 is 5.32 Å². The highest BCUT2D eigenvalue weighted by molar-refractivity contribution is 5.49. The molecule has 3 atom stereocenters. The molecular weight excluding hydrogens is 236 g/mol. The Labute approximate surface area is 113 Å². The molecule has 4 heteroatoms. The Balaban J connectivity index is 1.68. The number of rotatable bonds is 3. The molecule has 0 aliphatic heterocycles. The molecule has 4 rings (SSSR count). The Morgan fingerprint density at radius 3 is 3.05 bits per heavy atom. The van der Waals surface area contributed by atoms with E-state index in [4.69, 9.17) is 0 Å². The predicted molar refractivity (Wildman–Crippen MR) is 75.2 cm³/mol. The fraction of sp³-hybridized carbons (Fsp3) is 0.600. The van der Waals surface area contributed by atoms with Crippen molar-refractivity contribution in [3.8, 4) is 0 Å². The number of aryl methyl sites for hydroxylation is 1. The van der Waals surface area contributed by atoms with Crippen LogP contribution in [0.25, 0.3) is 5.65 Å². The zero-order valence-corrected chi connectivity index (χ0v) is 11.3. The Hall–Kier alpha value is -1.58. The van der Waals surface area contributed by atoms with Gasteiger partial charge >= 0.3 is 0 Å². The molecule has 19 heavy (non-hydrogen) atoms. The van der Waals surface area contributed by atoms with Crippen molar-refractivity contribution in [1.29, 1.82) is 0 Å². The highest BCUT2D eigenvalue weighted by atomic mass is 15.3. The molecule has 100 valence electrons. The second kappa shape index (κ2) is 4.22. The molecule has 2 saturated carbocycles. The van der Waals surface area contributed by atoms with Gasteiger partial charge in [0.25, 0.3) is 0 Å². The first-order valence-corrected chi connectivity index (χ1v) is 7.43. The average molecular weight is 256 g/mol. The van der Waals surface area contributed by atoms with Gasteiger partial charge in [0, 0.05) is 23.9 Å². The molecule has 0 radical (unpaired) electrons. The number of nitrogens with zero attached hydrogens (tertiary/aromatic N) is 3. The minimum Gasteiger partial charge on any atom is -0.367 e. The van der Waals surface area contributed by atoms with E-state index in [9.17, 15) is 0 Å². The molecule has 0 saturated heterocycles. The van der Waals surface area contributed by atoms with Crippen molar-refractivity contribution in [1.82, 2.24) is 14.6 Å². The van der Waals surface area contributed by atoms with E-state index in [1.165, 1.54) is 25.7 Å². The van der Waals surface area contributed by atoms with E-state index in [2.05, 4.69) is 28.4 Å². The van der Waals surface area contributed by atoms with Gasteiger partial charge in [-0.05, 0) is 37.5 Å². The van der Waals surface area contributed by atoms with Crippen molar-refractivity contribution in [3.63, 3.8) is 0 Å². The standard InChI is InChI=1S/C15H20N4/c1-2-12-9-15(19-14(17-12)5-6-16-19)18-13-8-10-3-4-11(13)7-10/h5-6,9-11,13,18H,2-4,7-8H2,1H3/t10-,11+,13-/m1/s1. The highest BCUT2D eigenvalue weighted by Crippen LogP contribution is 2.45. The quantitative estimate of drug-likeness (QED) is 0.918. The summed E-state index contributed by atoms with van der Waals surface area (Å²) in [4.78, 5) is 4.60. The Kier molecular flexibility index (Phi) is 2.50. The second-order valence-electron chi connectivity index (χ2n) is 6.01. The first-order chi connectivity index (χ1) is 9.33. The first kappa shape index (κ1) is 11.3. The molecule has 4 nitrogen and oxygen atoms in total. The van der Waals surface area contributed by atoms with Gasteiger partial charge in [-0.25, -0.2) is 4.98 Å². The minimum absolute atomic E-state index is 0.637. The molecule has 2 aromatic heterocycles. The normalized spacial score (nSPS) is 29.2. The maximum atomic E-state index is 4.60. The van der Waals surface area contributed by atoms with E-state index in [-0.39, 0.29) is 0 Å². The lowest BCUT2D eigenvalue weighted by Crippen LogP contribution is -2.27. The average Bonchev–Trinajstić information content (AvgIpc) is 3.13. The summed E-state index contributed by atoms with van der Waals surface area (Å²) in [7, 11) is 0. The van der Waals surface area contributed by atoms with E-state index in [1.807, 2.05) is 16.8 Å². The summed E-state index contributed by atoms with van der Waals surface area (Å²) in [5.41, 5.74) is 2.09. The lowest BCUT2D eigenvalue weighted by molar-refractivity contribution is 0.438. The molecule has 0 amide bonds. The predicted octanol–water partition coefficient (Wildman–Crippen LogP) is 2.89. The maximum Gasteiger partial charge on any atom is 0.157 e. The van der Waals surface area contributed by atoms with Crippen LogP contribution in [0.5, 0.6) is 0 Å². The van der Waals surface area contributed by atoms with Crippen molar-refractivity contribution in [2.45, 2.75) is 45.1 Å². The summed E-state index contributed by atoms with van der Waals surface area (Å²) < 4.78 is 1.94. The zero-order valence-electron chi connectivity index (χ0n) is 11.3. The Morgan fingerprint density at radius 2 is 2.32 bits per heavy atom. The minimum atomic E-state index is 0.637. The molecule has 2 aliphatic carbocycles. The van der Waals surface area contributed by atoms with Crippen molar-refractivity contribution < 1.29 is 0 Å². The van der Waals surface area contributed by atoms with Crippen LogP contribution in [0.3, 0.4) is 0 Å². The molecule has 2 bridgehead atoms. The van der Waals surface area contributed by atoms with E-state index in [1.54, 1.807) is 0 Å². The van der Waals surface area contributed by atoms with Crippen LogP contribution in [0.2, 0.25) is 0 Å². The molecule has 0 spiro atoms. The van der Waals surface area contributed by atoms with E-state index < -0.39 is 0 Å². The molecular formula is C15H20N4. The number of nitrogens with one attached hydrogen (secondary N) is 1. The zero-order chi connectivity index (χ0) is 12.8. The number of aromatic nitrogens is 3. The van der Waals surface area contributed by atoms with Crippen LogP contribution in [0.4, 0.5) is 5.82 Å². The van der Waals surface area contributed by atoms with E-state index >= 15 is 0 Å². The van der Waals surface area contributed by atoms with Crippen molar-refractivity contribution in [2.75, 3.05) is 5.32 Å². The summed E-state index contributed by atoms with van der Waals surface area (Å²) in [6.45, 7) is 2.15. The van der Waals surface area contributed by atoms with Crippen molar-refractivity contribution >= 4 is 11.5 Å². The van der Waals surface area contributed by atoms with Crippen molar-refractivity contribution in [3.05, 3.63) is 24.0 Å². The fourth-order valence-corrected chi connectivity index (χ4v) is 3.86. The summed E-state index contributed by atoms with van der Waals surface area (Å²) in [5.74, 6) is 2.95. The lowest BCUT2D eigenvalue weighted by atomic mass is 9.95. The number of anilines is 1. The summed E-state index contributed by atoms with van der Waals surface area (Å²) >= 11 is 0. The maximum absolute atomic E-state index is 4.60. The van der Waals surface area contributed by atoms with Gasteiger partial charge in [-0.3, -0.25) is 0 Å². The smallest absolute Gasteiger partial charge is 0.157 e. The fourth-order valence-electron chi connectivity index (χ4n) is 3.86. The molecule has 1 N–H and O–H groups in total. The number of hydrogen-bond acceptors (Lipinski definition) is 3. The van der Waals surface area contributed by atoms with Gasteiger partial charge in [-0.15, -0.1) is 0 Å². The van der Waals surface area contributed by atoms with Gasteiger partial charge in [0.1, 0.15) is 5.82 Å². The van der Waals surface area contributed by atoms with Crippen LogP contribution in [-0.4, -0.2) is 20.6 Å². The molecule has 2 heterocycles.